The monoisotopic (exact) mass is 541 g/mol. The molecule has 0 aliphatic carbocycles. The van der Waals surface area contributed by atoms with Gasteiger partial charge < -0.3 is 28.7 Å². The lowest BCUT2D eigenvalue weighted by Gasteiger charge is -2.32. The fraction of sp³-hybridized carbons (Fsp3) is 0.538. The number of halogens is 1. The summed E-state index contributed by atoms with van der Waals surface area (Å²) >= 11 is 6.47. The second kappa shape index (κ2) is 14.5. The van der Waals surface area contributed by atoms with Gasteiger partial charge in [-0.3, -0.25) is 0 Å². The highest BCUT2D eigenvalue weighted by Crippen LogP contribution is 2.41. The van der Waals surface area contributed by atoms with Crippen molar-refractivity contribution in [2.45, 2.75) is 56.8 Å². The van der Waals surface area contributed by atoms with Gasteiger partial charge in [0.15, 0.2) is 0 Å². The molecule has 1 saturated heterocycles. The molecule has 1 fully saturated rings. The minimum absolute atomic E-state index is 0.106. The van der Waals surface area contributed by atoms with Gasteiger partial charge in [-0.25, -0.2) is 9.65 Å². The lowest BCUT2D eigenvalue weighted by molar-refractivity contribution is -0.113. The summed E-state index contributed by atoms with van der Waals surface area (Å²) < 4.78 is 33.4. The third-order valence-electron chi connectivity index (χ3n) is 6.22. The van der Waals surface area contributed by atoms with Crippen LogP contribution in [0, 0.1) is 0 Å². The van der Waals surface area contributed by atoms with E-state index in [4.69, 9.17) is 30.1 Å². The summed E-state index contributed by atoms with van der Waals surface area (Å²) in [5.74, 6) is 0.805. The van der Waals surface area contributed by atoms with Crippen molar-refractivity contribution in [1.82, 2.24) is 5.09 Å². The average Bonchev–Trinajstić information content (AvgIpc) is 2.89. The van der Waals surface area contributed by atoms with E-state index in [0.29, 0.717) is 37.4 Å². The summed E-state index contributed by atoms with van der Waals surface area (Å²) in [7, 11) is -0.439. The fourth-order valence-corrected chi connectivity index (χ4v) is 5.21. The van der Waals surface area contributed by atoms with Crippen LogP contribution in [0.4, 0.5) is 0 Å². The summed E-state index contributed by atoms with van der Waals surface area (Å²) in [6.45, 7) is 1.04. The molecule has 2 aromatic rings. The first-order valence-corrected chi connectivity index (χ1v) is 14.2. The summed E-state index contributed by atoms with van der Waals surface area (Å²) in [6, 6.07) is 13.8. The summed E-state index contributed by atoms with van der Waals surface area (Å²) in [4.78, 5) is 0. The lowest BCUT2D eigenvalue weighted by atomic mass is 9.94. The number of ether oxygens (including phenoxy) is 2. The van der Waals surface area contributed by atoms with Gasteiger partial charge in [-0.1, -0.05) is 35.9 Å². The molecule has 0 spiro atoms. The normalized spacial score (nSPS) is 20.4. The minimum atomic E-state index is -3.15. The molecule has 36 heavy (non-hydrogen) atoms. The maximum absolute atomic E-state index is 11.9. The van der Waals surface area contributed by atoms with Crippen LogP contribution < -0.4 is 9.82 Å². The molecule has 0 saturated carbocycles. The first-order valence-electron chi connectivity index (χ1n) is 12.3. The van der Waals surface area contributed by atoms with Crippen LogP contribution in [0.1, 0.15) is 54.9 Å². The Morgan fingerprint density at radius 1 is 1.08 bits per heavy atom. The van der Waals surface area contributed by atoms with Crippen molar-refractivity contribution in [2.75, 3.05) is 34.0 Å². The molecule has 0 aromatic heterocycles. The smallest absolute Gasteiger partial charge is 0.404 e. The Morgan fingerprint density at radius 3 is 2.53 bits per heavy atom. The number of nitrogens with one attached hydrogen (secondary N) is 1. The van der Waals surface area contributed by atoms with Crippen molar-refractivity contribution < 1.29 is 33.3 Å². The molecule has 0 bridgehead atoms. The zero-order valence-electron chi connectivity index (χ0n) is 20.9. The van der Waals surface area contributed by atoms with E-state index in [-0.39, 0.29) is 18.8 Å². The Balaban J connectivity index is 1.45. The van der Waals surface area contributed by atoms with E-state index in [9.17, 15) is 14.8 Å². The minimum Gasteiger partial charge on any atom is -0.494 e. The van der Waals surface area contributed by atoms with E-state index in [2.05, 4.69) is 5.09 Å². The van der Waals surface area contributed by atoms with Gasteiger partial charge >= 0.3 is 7.75 Å². The molecule has 2 aromatic carbocycles. The molecule has 8 nitrogen and oxygen atoms in total. The molecule has 1 aliphatic rings. The van der Waals surface area contributed by atoms with E-state index in [1.807, 2.05) is 42.5 Å². The highest BCUT2D eigenvalue weighted by atomic mass is 35.5. The molecule has 0 amide bonds. The number of hydrogen-bond donors (Lipinski definition) is 3. The Kier molecular flexibility index (Phi) is 11.7. The van der Waals surface area contributed by atoms with Crippen molar-refractivity contribution >= 4 is 19.3 Å². The highest BCUT2D eigenvalue weighted by Gasteiger charge is 2.29. The molecule has 1 heterocycles. The molecule has 3 unspecified atom stereocenters. The van der Waals surface area contributed by atoms with Gasteiger partial charge in [0.25, 0.3) is 0 Å². The molecular weight excluding hydrogens is 505 g/mol. The molecular formula is C26H37ClNO7P. The van der Waals surface area contributed by atoms with E-state index >= 15 is 0 Å². The number of aliphatic hydroxyl groups is 2. The third-order valence-corrected chi connectivity index (χ3v) is 8.16. The highest BCUT2D eigenvalue weighted by molar-refractivity contribution is 7.51. The largest absolute Gasteiger partial charge is 0.494 e. The van der Waals surface area contributed by atoms with Crippen LogP contribution in [0.3, 0.4) is 0 Å². The first-order chi connectivity index (χ1) is 17.4. The van der Waals surface area contributed by atoms with Crippen LogP contribution in [0.15, 0.2) is 42.5 Å². The number of benzene rings is 2. The van der Waals surface area contributed by atoms with Gasteiger partial charge in [0, 0.05) is 38.6 Å². The van der Waals surface area contributed by atoms with Crippen molar-refractivity contribution in [1.29, 1.82) is 0 Å². The molecule has 200 valence electrons. The fourth-order valence-electron chi connectivity index (χ4n) is 4.19. The SMILES string of the molecule is COP(=O)(NCCCCCOc1ccc(Cc2cc(C3CC(O)CC(CO)O3)ccc2Cl)cc1)OC. The molecule has 0 radical (unpaired) electrons. The average molecular weight is 542 g/mol. The number of rotatable bonds is 14. The van der Waals surface area contributed by atoms with Crippen molar-refractivity contribution in [3.05, 3.63) is 64.2 Å². The maximum Gasteiger partial charge on any atom is 0.404 e. The molecule has 3 atom stereocenters. The van der Waals surface area contributed by atoms with E-state index in [1.54, 1.807) is 0 Å². The standard InChI is InChI=1S/C26H37ClNO7P/c1-32-36(31,33-2)28-12-4-3-5-13-34-23-9-6-19(7-10-23)14-21-15-20(8-11-25(21)27)26-17-22(30)16-24(18-29)35-26/h6-11,15,22,24,26,29-30H,3-5,12-14,16-18H2,1-2H3,(H,28,31). The summed E-state index contributed by atoms with van der Waals surface area (Å²) in [6.07, 6.45) is 3.14. The van der Waals surface area contributed by atoms with Gasteiger partial charge in [0.2, 0.25) is 0 Å². The Labute approximate surface area is 218 Å². The second-order valence-electron chi connectivity index (χ2n) is 8.91. The first kappa shape index (κ1) is 29.1. The van der Waals surface area contributed by atoms with Gasteiger partial charge in [-0.05, 0) is 60.6 Å². The van der Waals surface area contributed by atoms with Crippen LogP contribution >= 0.6 is 19.3 Å². The Morgan fingerprint density at radius 2 is 1.83 bits per heavy atom. The number of aliphatic hydroxyl groups excluding tert-OH is 2. The quantitative estimate of drug-likeness (QED) is 0.225. The van der Waals surface area contributed by atoms with Crippen LogP contribution in [-0.2, 0) is 24.8 Å². The third kappa shape index (κ3) is 8.82. The Hall–Kier alpha value is -1.48. The van der Waals surface area contributed by atoms with Crippen molar-refractivity contribution in [2.24, 2.45) is 0 Å². The maximum atomic E-state index is 11.9. The van der Waals surface area contributed by atoms with E-state index in [1.165, 1.54) is 14.2 Å². The zero-order chi connectivity index (χ0) is 26.0. The number of hydrogen-bond acceptors (Lipinski definition) is 7. The second-order valence-corrected chi connectivity index (χ2v) is 11.4. The van der Waals surface area contributed by atoms with E-state index < -0.39 is 13.9 Å². The molecule has 3 rings (SSSR count). The molecule has 10 heteroatoms. The van der Waals surface area contributed by atoms with Crippen molar-refractivity contribution in [3.63, 3.8) is 0 Å². The zero-order valence-corrected chi connectivity index (χ0v) is 22.5. The predicted octanol–water partition coefficient (Wildman–Crippen LogP) is 5.04. The summed E-state index contributed by atoms with van der Waals surface area (Å²) in [5.41, 5.74) is 3.03. The van der Waals surface area contributed by atoms with Crippen molar-refractivity contribution in [3.8, 4) is 5.75 Å². The van der Waals surface area contributed by atoms with Crippen LogP contribution in [0.5, 0.6) is 5.75 Å². The van der Waals surface area contributed by atoms with Gasteiger partial charge in [-0.15, -0.1) is 0 Å². The van der Waals surface area contributed by atoms with Crippen LogP contribution in [0.25, 0.3) is 0 Å². The van der Waals surface area contributed by atoms with Crippen LogP contribution in [-0.4, -0.2) is 56.4 Å². The predicted molar refractivity (Wildman–Crippen MR) is 140 cm³/mol. The van der Waals surface area contributed by atoms with Crippen LogP contribution in [0.2, 0.25) is 5.02 Å². The van der Waals surface area contributed by atoms with Gasteiger partial charge in [0.05, 0.1) is 31.5 Å². The summed E-state index contributed by atoms with van der Waals surface area (Å²) in [5, 5.41) is 23.1. The topological polar surface area (TPSA) is 106 Å². The van der Waals surface area contributed by atoms with Gasteiger partial charge in [0.1, 0.15) is 5.75 Å². The van der Waals surface area contributed by atoms with Gasteiger partial charge in [-0.2, -0.15) is 0 Å². The van der Waals surface area contributed by atoms with E-state index in [0.717, 1.165) is 41.7 Å². The lowest BCUT2D eigenvalue weighted by Crippen LogP contribution is -2.33. The Bertz CT molecular complexity index is 983. The molecule has 1 aliphatic heterocycles. The number of unbranched alkanes of at least 4 members (excludes halogenated alkanes) is 2. The molecule has 3 N–H and O–H groups in total.